The van der Waals surface area contributed by atoms with Crippen molar-refractivity contribution < 1.29 is 4.79 Å². The van der Waals surface area contributed by atoms with Gasteiger partial charge in [-0.05, 0) is 31.0 Å². The van der Waals surface area contributed by atoms with Crippen LogP contribution in [0, 0.1) is 0 Å². The molecule has 0 saturated heterocycles. The summed E-state index contributed by atoms with van der Waals surface area (Å²) in [5, 5.41) is 9.76. The molecular weight excluding hydrogens is 238 g/mol. The zero-order valence-electron chi connectivity index (χ0n) is 11.5. The number of nitrogens with one attached hydrogen (secondary N) is 3. The van der Waals surface area contributed by atoms with Gasteiger partial charge in [-0.1, -0.05) is 24.3 Å². The molecule has 0 saturated carbocycles. The standard InChI is InChI=1S/C15H23N3O/c1-2-17-15(19)8-10-18-14-7-9-16-11-12-5-3-4-6-13(12)14/h3-6,14,16,18H,2,7-11H2,1H3,(H,17,19). The molecule has 0 spiro atoms. The van der Waals surface area contributed by atoms with Crippen LogP contribution >= 0.6 is 0 Å². The highest BCUT2D eigenvalue weighted by atomic mass is 16.1. The van der Waals surface area contributed by atoms with E-state index in [1.807, 2.05) is 6.92 Å². The number of rotatable bonds is 5. The third-order valence-corrected chi connectivity index (χ3v) is 3.47. The summed E-state index contributed by atoms with van der Waals surface area (Å²) in [4.78, 5) is 11.4. The molecule has 1 unspecified atom stereocenters. The Morgan fingerprint density at radius 2 is 2.26 bits per heavy atom. The molecule has 1 aromatic carbocycles. The molecule has 0 bridgehead atoms. The molecule has 1 atom stereocenters. The summed E-state index contributed by atoms with van der Waals surface area (Å²) in [6, 6.07) is 8.87. The van der Waals surface area contributed by atoms with Crippen molar-refractivity contribution in [3.8, 4) is 0 Å². The Morgan fingerprint density at radius 3 is 3.11 bits per heavy atom. The van der Waals surface area contributed by atoms with Crippen molar-refractivity contribution >= 4 is 5.91 Å². The van der Waals surface area contributed by atoms with Crippen LogP contribution < -0.4 is 16.0 Å². The Balaban J connectivity index is 1.91. The first-order chi connectivity index (χ1) is 9.31. The molecule has 19 heavy (non-hydrogen) atoms. The third-order valence-electron chi connectivity index (χ3n) is 3.47. The van der Waals surface area contributed by atoms with Crippen molar-refractivity contribution in [3.63, 3.8) is 0 Å². The smallest absolute Gasteiger partial charge is 0.221 e. The molecule has 4 heteroatoms. The molecule has 0 aromatic heterocycles. The van der Waals surface area contributed by atoms with Gasteiger partial charge in [-0.2, -0.15) is 0 Å². The fraction of sp³-hybridized carbons (Fsp3) is 0.533. The lowest BCUT2D eigenvalue weighted by atomic mass is 9.99. The van der Waals surface area contributed by atoms with Crippen molar-refractivity contribution in [2.24, 2.45) is 0 Å². The molecule has 0 fully saturated rings. The van der Waals surface area contributed by atoms with Gasteiger partial charge < -0.3 is 16.0 Å². The van der Waals surface area contributed by atoms with E-state index in [1.54, 1.807) is 0 Å². The largest absolute Gasteiger partial charge is 0.356 e. The quantitative estimate of drug-likeness (QED) is 0.749. The zero-order valence-corrected chi connectivity index (χ0v) is 11.5. The van der Waals surface area contributed by atoms with Crippen molar-refractivity contribution in [2.75, 3.05) is 19.6 Å². The number of hydrogen-bond donors (Lipinski definition) is 3. The zero-order chi connectivity index (χ0) is 13.5. The van der Waals surface area contributed by atoms with E-state index in [0.717, 1.165) is 26.1 Å². The summed E-state index contributed by atoms with van der Waals surface area (Å²) in [6.07, 6.45) is 1.60. The SMILES string of the molecule is CCNC(=O)CCNC1CCNCc2ccccc21. The van der Waals surface area contributed by atoms with Crippen molar-refractivity contribution in [1.82, 2.24) is 16.0 Å². The molecule has 4 nitrogen and oxygen atoms in total. The molecule has 2 rings (SSSR count). The monoisotopic (exact) mass is 261 g/mol. The average molecular weight is 261 g/mol. The highest BCUT2D eigenvalue weighted by Crippen LogP contribution is 2.23. The van der Waals surface area contributed by atoms with Crippen LogP contribution in [0.25, 0.3) is 0 Å². The normalized spacial score (nSPS) is 18.5. The summed E-state index contributed by atoms with van der Waals surface area (Å²) in [7, 11) is 0. The minimum atomic E-state index is 0.120. The van der Waals surface area contributed by atoms with E-state index >= 15 is 0 Å². The van der Waals surface area contributed by atoms with Gasteiger partial charge in [-0.3, -0.25) is 4.79 Å². The molecule has 1 amide bonds. The van der Waals surface area contributed by atoms with Crippen LogP contribution in [0.15, 0.2) is 24.3 Å². The minimum Gasteiger partial charge on any atom is -0.356 e. The molecule has 3 N–H and O–H groups in total. The van der Waals surface area contributed by atoms with Crippen molar-refractivity contribution in [1.29, 1.82) is 0 Å². The van der Waals surface area contributed by atoms with Gasteiger partial charge in [0.2, 0.25) is 5.91 Å². The maximum absolute atomic E-state index is 11.4. The summed E-state index contributed by atoms with van der Waals surface area (Å²) in [5.41, 5.74) is 2.72. The molecule has 1 aromatic rings. The second-order valence-electron chi connectivity index (χ2n) is 4.87. The van der Waals surface area contributed by atoms with E-state index in [0.29, 0.717) is 19.0 Å². The number of amides is 1. The van der Waals surface area contributed by atoms with Gasteiger partial charge in [-0.15, -0.1) is 0 Å². The molecule has 0 radical (unpaired) electrons. The minimum absolute atomic E-state index is 0.120. The van der Waals surface area contributed by atoms with Gasteiger partial charge in [0.1, 0.15) is 0 Å². The highest BCUT2D eigenvalue weighted by molar-refractivity contribution is 5.75. The predicted octanol–water partition coefficient (Wildman–Crippen LogP) is 1.34. The van der Waals surface area contributed by atoms with Gasteiger partial charge >= 0.3 is 0 Å². The fourth-order valence-corrected chi connectivity index (χ4v) is 2.52. The van der Waals surface area contributed by atoms with Gasteiger partial charge in [0.05, 0.1) is 0 Å². The van der Waals surface area contributed by atoms with Crippen LogP contribution in [0.5, 0.6) is 0 Å². The maximum Gasteiger partial charge on any atom is 0.221 e. The summed E-state index contributed by atoms with van der Waals surface area (Å²) in [5.74, 6) is 0.120. The average Bonchev–Trinajstić information content (AvgIpc) is 2.62. The van der Waals surface area contributed by atoms with Crippen LogP contribution in [-0.2, 0) is 11.3 Å². The topological polar surface area (TPSA) is 53.2 Å². The number of fused-ring (bicyclic) bond motifs is 1. The van der Waals surface area contributed by atoms with E-state index < -0.39 is 0 Å². The lowest BCUT2D eigenvalue weighted by Crippen LogP contribution is -2.30. The number of carbonyl (C=O) groups excluding carboxylic acids is 1. The number of benzene rings is 1. The first kappa shape index (κ1) is 14.0. The molecular formula is C15H23N3O. The van der Waals surface area contributed by atoms with Crippen LogP contribution in [0.1, 0.15) is 36.9 Å². The molecule has 1 heterocycles. The number of carbonyl (C=O) groups is 1. The number of hydrogen-bond acceptors (Lipinski definition) is 3. The molecule has 1 aliphatic rings. The van der Waals surface area contributed by atoms with Gasteiger partial charge in [0, 0.05) is 32.1 Å². The Morgan fingerprint density at radius 1 is 1.42 bits per heavy atom. The van der Waals surface area contributed by atoms with Crippen LogP contribution in [0.2, 0.25) is 0 Å². The molecule has 0 aliphatic carbocycles. The first-order valence-corrected chi connectivity index (χ1v) is 7.10. The van der Waals surface area contributed by atoms with Crippen LogP contribution in [0.3, 0.4) is 0 Å². The Labute approximate surface area is 115 Å². The fourth-order valence-electron chi connectivity index (χ4n) is 2.52. The van der Waals surface area contributed by atoms with Crippen molar-refractivity contribution in [2.45, 2.75) is 32.4 Å². The Kier molecular flexibility index (Phi) is 5.36. The molecule has 1 aliphatic heterocycles. The van der Waals surface area contributed by atoms with E-state index in [1.165, 1.54) is 11.1 Å². The lowest BCUT2D eigenvalue weighted by Gasteiger charge is -2.18. The first-order valence-electron chi connectivity index (χ1n) is 7.10. The highest BCUT2D eigenvalue weighted by Gasteiger charge is 2.17. The van der Waals surface area contributed by atoms with Gasteiger partial charge in [0.15, 0.2) is 0 Å². The van der Waals surface area contributed by atoms with E-state index in [4.69, 9.17) is 0 Å². The Hall–Kier alpha value is -1.39. The van der Waals surface area contributed by atoms with E-state index in [-0.39, 0.29) is 5.91 Å². The van der Waals surface area contributed by atoms with E-state index in [9.17, 15) is 4.79 Å². The summed E-state index contributed by atoms with van der Waals surface area (Å²) >= 11 is 0. The third kappa shape index (κ3) is 4.04. The van der Waals surface area contributed by atoms with Crippen LogP contribution in [-0.4, -0.2) is 25.5 Å². The molecule has 104 valence electrons. The second-order valence-corrected chi connectivity index (χ2v) is 4.87. The maximum atomic E-state index is 11.4. The summed E-state index contributed by atoms with van der Waals surface area (Å²) < 4.78 is 0. The predicted molar refractivity (Wildman–Crippen MR) is 76.8 cm³/mol. The van der Waals surface area contributed by atoms with Gasteiger partial charge in [0.25, 0.3) is 0 Å². The summed E-state index contributed by atoms with van der Waals surface area (Å²) in [6.45, 7) is 5.32. The van der Waals surface area contributed by atoms with Crippen LogP contribution in [0.4, 0.5) is 0 Å². The Bertz CT molecular complexity index is 420. The lowest BCUT2D eigenvalue weighted by molar-refractivity contribution is -0.120. The second kappa shape index (κ2) is 7.26. The van der Waals surface area contributed by atoms with E-state index in [2.05, 4.69) is 40.2 Å². The van der Waals surface area contributed by atoms with Gasteiger partial charge in [-0.25, -0.2) is 0 Å². The van der Waals surface area contributed by atoms with Crippen molar-refractivity contribution in [3.05, 3.63) is 35.4 Å².